The summed E-state index contributed by atoms with van der Waals surface area (Å²) in [5.41, 5.74) is 1.48. The van der Waals surface area contributed by atoms with Crippen molar-refractivity contribution >= 4 is 34.1 Å². The molecule has 32 heavy (non-hydrogen) atoms. The van der Waals surface area contributed by atoms with Crippen LogP contribution in [0.4, 0.5) is 5.13 Å². The number of carbonyl (C=O) groups excluding carboxylic acids is 1. The molecule has 2 heterocycles. The van der Waals surface area contributed by atoms with Crippen molar-refractivity contribution in [3.63, 3.8) is 0 Å². The van der Waals surface area contributed by atoms with E-state index in [9.17, 15) is 4.79 Å². The van der Waals surface area contributed by atoms with E-state index in [2.05, 4.69) is 38.0 Å². The summed E-state index contributed by atoms with van der Waals surface area (Å²) in [5.74, 6) is 1.02. The highest BCUT2D eigenvalue weighted by Crippen LogP contribution is 2.27. The van der Waals surface area contributed by atoms with Crippen LogP contribution in [0.3, 0.4) is 0 Å². The lowest BCUT2D eigenvalue weighted by atomic mass is 10.2. The Bertz CT molecular complexity index is 1160. The molecule has 0 aliphatic heterocycles. The Balaban J connectivity index is 1.42. The van der Waals surface area contributed by atoms with E-state index in [0.717, 1.165) is 34.9 Å². The number of benzene rings is 2. The minimum absolute atomic E-state index is 0.202. The molecule has 0 saturated heterocycles. The fraction of sp³-hybridized carbons (Fsp3) is 0.273. The number of para-hydroxylation sites is 1. The maximum absolute atomic E-state index is 12.9. The topological polar surface area (TPSA) is 98.5 Å². The smallest absolute Gasteiger partial charge is 0.258 e. The first kappa shape index (κ1) is 22.1. The molecule has 0 radical (unpaired) electrons. The summed E-state index contributed by atoms with van der Waals surface area (Å²) in [6, 6.07) is 17.2. The number of nitrogens with one attached hydrogen (secondary N) is 1. The quantitative estimate of drug-likeness (QED) is 0.265. The van der Waals surface area contributed by atoms with Crippen molar-refractivity contribution in [1.82, 2.24) is 30.4 Å². The third-order valence-electron chi connectivity index (χ3n) is 4.70. The van der Waals surface area contributed by atoms with Crippen LogP contribution in [0.5, 0.6) is 0 Å². The number of nitrogens with zero attached hydrogens (tertiary/aromatic N) is 6. The van der Waals surface area contributed by atoms with E-state index in [-0.39, 0.29) is 5.91 Å². The molecule has 0 atom stereocenters. The molecule has 164 valence electrons. The lowest BCUT2D eigenvalue weighted by molar-refractivity contribution is 0.102. The zero-order valence-corrected chi connectivity index (χ0v) is 19.3. The first-order chi connectivity index (χ1) is 15.7. The van der Waals surface area contributed by atoms with E-state index in [1.165, 1.54) is 29.5 Å². The number of aromatic nitrogens is 6. The Labute approximate surface area is 194 Å². The normalized spacial score (nSPS) is 10.9. The van der Waals surface area contributed by atoms with Crippen molar-refractivity contribution in [3.8, 4) is 5.69 Å². The number of hydrogen-bond acceptors (Lipinski definition) is 8. The Morgan fingerprint density at radius 1 is 1.03 bits per heavy atom. The van der Waals surface area contributed by atoms with Crippen molar-refractivity contribution in [1.29, 1.82) is 0 Å². The Hall–Kier alpha value is -3.11. The van der Waals surface area contributed by atoms with Gasteiger partial charge in [0.2, 0.25) is 5.13 Å². The van der Waals surface area contributed by atoms with Crippen molar-refractivity contribution in [2.24, 2.45) is 0 Å². The van der Waals surface area contributed by atoms with E-state index >= 15 is 0 Å². The van der Waals surface area contributed by atoms with E-state index in [1.807, 2.05) is 48.5 Å². The summed E-state index contributed by atoms with van der Waals surface area (Å²) in [7, 11) is 0. The SMILES string of the molecule is CCCCCc1nnc(NC(=O)c2ccccc2SCc2nnnn2-c2ccccc2)s1. The number of rotatable bonds is 10. The second-order valence-corrected chi connectivity index (χ2v) is 9.12. The molecule has 0 spiro atoms. The minimum atomic E-state index is -0.202. The third kappa shape index (κ3) is 5.57. The van der Waals surface area contributed by atoms with E-state index in [1.54, 1.807) is 10.7 Å². The number of hydrogen-bond donors (Lipinski definition) is 1. The van der Waals surface area contributed by atoms with Crippen molar-refractivity contribution < 1.29 is 4.79 Å². The van der Waals surface area contributed by atoms with Crippen molar-refractivity contribution in [2.75, 3.05) is 5.32 Å². The molecule has 0 bridgehead atoms. The van der Waals surface area contributed by atoms with Crippen LogP contribution >= 0.6 is 23.1 Å². The lowest BCUT2D eigenvalue weighted by Gasteiger charge is -2.08. The van der Waals surface area contributed by atoms with Crippen molar-refractivity contribution in [2.45, 2.75) is 43.3 Å². The Morgan fingerprint density at radius 3 is 2.69 bits per heavy atom. The number of carbonyl (C=O) groups is 1. The zero-order valence-electron chi connectivity index (χ0n) is 17.6. The Kier molecular flexibility index (Phi) is 7.57. The molecule has 8 nitrogen and oxygen atoms in total. The average Bonchev–Trinajstić information content (AvgIpc) is 3.48. The van der Waals surface area contributed by atoms with Gasteiger partial charge in [0.05, 0.1) is 17.0 Å². The van der Waals surface area contributed by atoms with Gasteiger partial charge in [-0.25, -0.2) is 0 Å². The first-order valence-corrected chi connectivity index (χ1v) is 12.2. The van der Waals surface area contributed by atoms with Crippen LogP contribution in [0.1, 0.15) is 47.4 Å². The monoisotopic (exact) mass is 465 g/mol. The molecule has 1 N–H and O–H groups in total. The third-order valence-corrected chi connectivity index (χ3v) is 6.67. The van der Waals surface area contributed by atoms with Gasteiger partial charge in [0.25, 0.3) is 5.91 Å². The van der Waals surface area contributed by atoms with Gasteiger partial charge in [0.1, 0.15) is 5.01 Å². The van der Waals surface area contributed by atoms with Crippen LogP contribution in [0, 0.1) is 0 Å². The highest BCUT2D eigenvalue weighted by atomic mass is 32.2. The molecule has 0 aliphatic rings. The molecule has 0 unspecified atom stereocenters. The summed E-state index contributed by atoms with van der Waals surface area (Å²) in [4.78, 5) is 13.8. The van der Waals surface area contributed by atoms with Crippen LogP contribution < -0.4 is 5.32 Å². The predicted octanol–water partition coefficient (Wildman–Crippen LogP) is 4.79. The maximum Gasteiger partial charge on any atom is 0.258 e. The molecular formula is C22H23N7OS2. The van der Waals surface area contributed by atoms with Crippen LogP contribution in [0.2, 0.25) is 0 Å². The van der Waals surface area contributed by atoms with Gasteiger partial charge in [-0.15, -0.1) is 27.1 Å². The molecular weight excluding hydrogens is 442 g/mol. The molecule has 0 fully saturated rings. The van der Waals surface area contributed by atoms with Gasteiger partial charge in [0, 0.05) is 11.3 Å². The van der Waals surface area contributed by atoms with E-state index in [4.69, 9.17) is 0 Å². The number of tetrazole rings is 1. The molecule has 2 aromatic heterocycles. The van der Waals surface area contributed by atoms with Crippen molar-refractivity contribution in [3.05, 3.63) is 71.0 Å². The average molecular weight is 466 g/mol. The summed E-state index contributed by atoms with van der Waals surface area (Å²) < 4.78 is 1.71. The van der Waals surface area contributed by atoms with Gasteiger partial charge in [-0.3, -0.25) is 10.1 Å². The van der Waals surface area contributed by atoms with Gasteiger partial charge in [0.15, 0.2) is 5.82 Å². The number of aryl methyl sites for hydroxylation is 1. The molecule has 0 aliphatic carbocycles. The van der Waals surface area contributed by atoms with Gasteiger partial charge in [-0.1, -0.05) is 61.4 Å². The fourth-order valence-corrected chi connectivity index (χ4v) is 4.82. The van der Waals surface area contributed by atoms with Crippen LogP contribution in [0.15, 0.2) is 59.5 Å². The van der Waals surface area contributed by atoms with Gasteiger partial charge in [-0.05, 0) is 41.1 Å². The largest absolute Gasteiger partial charge is 0.296 e. The number of anilines is 1. The van der Waals surface area contributed by atoms with Crippen LogP contribution in [-0.2, 0) is 12.2 Å². The molecule has 1 amide bonds. The molecule has 10 heteroatoms. The summed E-state index contributed by atoms with van der Waals surface area (Å²) in [6.45, 7) is 2.17. The first-order valence-electron chi connectivity index (χ1n) is 10.4. The van der Waals surface area contributed by atoms with Crippen LogP contribution in [-0.4, -0.2) is 36.3 Å². The minimum Gasteiger partial charge on any atom is -0.296 e. The summed E-state index contributed by atoms with van der Waals surface area (Å²) in [6.07, 6.45) is 4.30. The molecule has 2 aromatic carbocycles. The van der Waals surface area contributed by atoms with E-state index < -0.39 is 0 Å². The Morgan fingerprint density at radius 2 is 1.84 bits per heavy atom. The summed E-state index contributed by atoms with van der Waals surface area (Å²) >= 11 is 2.95. The highest BCUT2D eigenvalue weighted by Gasteiger charge is 2.16. The van der Waals surface area contributed by atoms with Gasteiger partial charge >= 0.3 is 0 Å². The molecule has 4 aromatic rings. The lowest BCUT2D eigenvalue weighted by Crippen LogP contribution is -2.13. The second kappa shape index (κ2) is 11.0. The van der Waals surface area contributed by atoms with Crippen LogP contribution in [0.25, 0.3) is 5.69 Å². The fourth-order valence-electron chi connectivity index (χ4n) is 3.08. The standard InChI is InChI=1S/C22H23N7OS2/c1-2-3-5-14-20-25-26-22(32-20)23-21(30)17-12-8-9-13-18(17)31-15-19-24-27-28-29(19)16-10-6-4-7-11-16/h4,6-13H,2-3,5,14-15H2,1H3,(H,23,26,30). The van der Waals surface area contributed by atoms with Gasteiger partial charge < -0.3 is 0 Å². The number of unbranched alkanes of at least 4 members (excludes halogenated alkanes) is 2. The molecule has 0 saturated carbocycles. The second-order valence-electron chi connectivity index (χ2n) is 7.04. The number of thioether (sulfide) groups is 1. The van der Waals surface area contributed by atoms with Gasteiger partial charge in [-0.2, -0.15) is 4.68 Å². The highest BCUT2D eigenvalue weighted by molar-refractivity contribution is 7.98. The predicted molar refractivity (Wildman–Crippen MR) is 126 cm³/mol. The maximum atomic E-state index is 12.9. The molecule has 4 rings (SSSR count). The zero-order chi connectivity index (χ0) is 22.2. The number of amides is 1. The van der Waals surface area contributed by atoms with E-state index in [0.29, 0.717) is 22.3 Å². The summed E-state index contributed by atoms with van der Waals surface area (Å²) in [5, 5.41) is 24.7.